The topological polar surface area (TPSA) is 67.9 Å². The van der Waals surface area contributed by atoms with Crippen LogP contribution in [0.3, 0.4) is 0 Å². The van der Waals surface area contributed by atoms with E-state index in [1.54, 1.807) is 0 Å². The number of nitrogens with one attached hydrogen (secondary N) is 1. The Balaban J connectivity index is 1.36. The second kappa shape index (κ2) is 11.9. The van der Waals surface area contributed by atoms with E-state index in [0.717, 1.165) is 38.9 Å². The van der Waals surface area contributed by atoms with Gasteiger partial charge in [0, 0.05) is 32.1 Å². The van der Waals surface area contributed by atoms with Crippen molar-refractivity contribution in [2.75, 3.05) is 20.2 Å². The fourth-order valence-electron chi connectivity index (χ4n) is 4.97. The van der Waals surface area contributed by atoms with Crippen LogP contribution in [0.4, 0.5) is 4.79 Å². The van der Waals surface area contributed by atoms with Gasteiger partial charge in [-0.1, -0.05) is 24.3 Å². The molecule has 0 radical (unpaired) electrons. The predicted octanol–water partition coefficient (Wildman–Crippen LogP) is 5.40. The summed E-state index contributed by atoms with van der Waals surface area (Å²) in [6, 6.07) is 9.56. The second-order valence-electron chi connectivity index (χ2n) is 10.7. The number of amides is 1. The van der Waals surface area contributed by atoms with Gasteiger partial charge in [-0.05, 0) is 88.7 Å². The summed E-state index contributed by atoms with van der Waals surface area (Å²) < 4.78 is 10.3. The fraction of sp³-hybridized carbons (Fsp3) is 0.704. The predicted molar refractivity (Wildman–Crippen MR) is 130 cm³/mol. The van der Waals surface area contributed by atoms with Crippen molar-refractivity contribution in [1.29, 1.82) is 0 Å². The zero-order chi connectivity index (χ0) is 23.8. The van der Waals surface area contributed by atoms with Crippen LogP contribution in [0, 0.1) is 5.92 Å². The van der Waals surface area contributed by atoms with E-state index in [1.165, 1.54) is 43.9 Å². The Hall–Kier alpha value is -2.08. The van der Waals surface area contributed by atoms with Gasteiger partial charge in [-0.15, -0.1) is 0 Å². The summed E-state index contributed by atoms with van der Waals surface area (Å²) in [6.07, 6.45) is 8.01. The molecule has 2 aliphatic rings. The molecule has 33 heavy (non-hydrogen) atoms. The van der Waals surface area contributed by atoms with Gasteiger partial charge in [-0.3, -0.25) is 4.79 Å². The van der Waals surface area contributed by atoms with E-state index >= 15 is 0 Å². The first kappa shape index (κ1) is 25.5. The SMILES string of the molecule is COC(=O)CC[C@H]1CC[C@H](NCc2ccc(C3CCN(C(=O)OC(C)(C)C)CC3)cc2)CC1. The summed E-state index contributed by atoms with van der Waals surface area (Å²) in [4.78, 5) is 25.4. The monoisotopic (exact) mass is 458 g/mol. The van der Waals surface area contributed by atoms with Crippen molar-refractivity contribution in [3.8, 4) is 0 Å². The molecule has 1 aromatic rings. The minimum Gasteiger partial charge on any atom is -0.469 e. The summed E-state index contributed by atoms with van der Waals surface area (Å²) >= 11 is 0. The zero-order valence-corrected chi connectivity index (χ0v) is 20.9. The summed E-state index contributed by atoms with van der Waals surface area (Å²) in [5.41, 5.74) is 2.24. The number of ether oxygens (including phenoxy) is 2. The Bertz CT molecular complexity index is 755. The third-order valence-electron chi connectivity index (χ3n) is 7.02. The van der Waals surface area contributed by atoms with E-state index < -0.39 is 5.60 Å². The largest absolute Gasteiger partial charge is 0.469 e. The van der Waals surface area contributed by atoms with Crippen LogP contribution >= 0.6 is 0 Å². The molecule has 1 saturated carbocycles. The van der Waals surface area contributed by atoms with E-state index in [4.69, 9.17) is 9.47 Å². The summed E-state index contributed by atoms with van der Waals surface area (Å²) in [5.74, 6) is 1.07. The molecule has 0 bridgehead atoms. The van der Waals surface area contributed by atoms with Gasteiger partial charge in [-0.2, -0.15) is 0 Å². The minimum absolute atomic E-state index is 0.0905. The molecule has 1 aliphatic carbocycles. The van der Waals surface area contributed by atoms with Gasteiger partial charge in [0.05, 0.1) is 7.11 Å². The van der Waals surface area contributed by atoms with Crippen LogP contribution in [0.15, 0.2) is 24.3 Å². The second-order valence-corrected chi connectivity index (χ2v) is 10.7. The quantitative estimate of drug-likeness (QED) is 0.554. The molecule has 3 rings (SSSR count). The normalized spacial score (nSPS) is 22.1. The highest BCUT2D eigenvalue weighted by Crippen LogP contribution is 2.30. The molecule has 1 heterocycles. The molecule has 184 valence electrons. The van der Waals surface area contributed by atoms with Crippen molar-refractivity contribution in [2.24, 2.45) is 5.92 Å². The number of piperidine rings is 1. The summed E-state index contributed by atoms with van der Waals surface area (Å²) in [6.45, 7) is 8.14. The van der Waals surface area contributed by atoms with Gasteiger partial charge in [-0.25, -0.2) is 4.79 Å². The molecule has 2 fully saturated rings. The lowest BCUT2D eigenvalue weighted by molar-refractivity contribution is -0.141. The van der Waals surface area contributed by atoms with Crippen molar-refractivity contribution >= 4 is 12.1 Å². The lowest BCUT2D eigenvalue weighted by Gasteiger charge is -2.33. The van der Waals surface area contributed by atoms with E-state index in [1.807, 2.05) is 25.7 Å². The van der Waals surface area contributed by atoms with Gasteiger partial charge in [0.2, 0.25) is 0 Å². The molecule has 6 nitrogen and oxygen atoms in total. The van der Waals surface area contributed by atoms with E-state index in [-0.39, 0.29) is 12.1 Å². The van der Waals surface area contributed by atoms with Crippen LogP contribution in [0.1, 0.15) is 89.2 Å². The Labute approximate surface area is 199 Å². The van der Waals surface area contributed by atoms with Gasteiger partial charge < -0.3 is 19.7 Å². The number of esters is 1. The Kier molecular flexibility index (Phi) is 9.19. The van der Waals surface area contributed by atoms with Crippen LogP contribution in [-0.2, 0) is 20.8 Å². The maximum absolute atomic E-state index is 12.3. The number of likely N-dealkylation sites (tertiary alicyclic amines) is 1. The zero-order valence-electron chi connectivity index (χ0n) is 20.9. The summed E-state index contributed by atoms with van der Waals surface area (Å²) in [5, 5.41) is 3.72. The third-order valence-corrected chi connectivity index (χ3v) is 7.02. The van der Waals surface area contributed by atoms with Gasteiger partial charge in [0.25, 0.3) is 0 Å². The number of benzene rings is 1. The molecule has 1 N–H and O–H groups in total. The molecular formula is C27H42N2O4. The molecule has 1 aromatic carbocycles. The molecule has 0 unspecified atom stereocenters. The fourth-order valence-corrected chi connectivity index (χ4v) is 4.97. The lowest BCUT2D eigenvalue weighted by atomic mass is 9.83. The molecule has 0 spiro atoms. The van der Waals surface area contributed by atoms with Gasteiger partial charge in [0.15, 0.2) is 0 Å². The maximum atomic E-state index is 12.3. The van der Waals surface area contributed by atoms with Crippen molar-refractivity contribution in [1.82, 2.24) is 10.2 Å². The van der Waals surface area contributed by atoms with Crippen LogP contribution < -0.4 is 5.32 Å². The highest BCUT2D eigenvalue weighted by Gasteiger charge is 2.27. The average molecular weight is 459 g/mol. The first-order valence-electron chi connectivity index (χ1n) is 12.6. The lowest BCUT2D eigenvalue weighted by Crippen LogP contribution is -2.41. The smallest absolute Gasteiger partial charge is 0.410 e. The van der Waals surface area contributed by atoms with Crippen molar-refractivity contribution in [3.63, 3.8) is 0 Å². The van der Waals surface area contributed by atoms with Crippen molar-refractivity contribution in [3.05, 3.63) is 35.4 Å². The van der Waals surface area contributed by atoms with Crippen molar-refractivity contribution < 1.29 is 19.1 Å². The van der Waals surface area contributed by atoms with E-state index in [9.17, 15) is 9.59 Å². The molecule has 1 amide bonds. The van der Waals surface area contributed by atoms with Crippen molar-refractivity contribution in [2.45, 2.75) is 96.2 Å². The van der Waals surface area contributed by atoms with E-state index in [0.29, 0.717) is 24.3 Å². The number of hydrogen-bond acceptors (Lipinski definition) is 5. The molecule has 1 saturated heterocycles. The molecule has 6 heteroatoms. The molecule has 0 aromatic heterocycles. The molecule has 0 atom stereocenters. The van der Waals surface area contributed by atoms with Crippen LogP contribution in [-0.4, -0.2) is 48.8 Å². The average Bonchev–Trinajstić information content (AvgIpc) is 2.81. The van der Waals surface area contributed by atoms with E-state index in [2.05, 4.69) is 29.6 Å². The number of carbonyl (C=O) groups excluding carboxylic acids is 2. The number of methoxy groups -OCH3 is 1. The Morgan fingerprint density at radius 1 is 1.00 bits per heavy atom. The number of nitrogens with zero attached hydrogens (tertiary/aromatic N) is 1. The first-order chi connectivity index (χ1) is 15.7. The van der Waals surface area contributed by atoms with Crippen LogP contribution in [0.5, 0.6) is 0 Å². The standard InChI is InChI=1S/C27H42N2O4/c1-27(2,3)33-26(31)29-17-15-23(16-18-29)22-10-5-21(6-11-22)19-28-24-12-7-20(8-13-24)9-14-25(30)32-4/h5-6,10-11,20,23-24,28H,7-9,12-19H2,1-4H3/t20-,24-. The van der Waals surface area contributed by atoms with Gasteiger partial charge >= 0.3 is 12.1 Å². The van der Waals surface area contributed by atoms with Crippen LogP contribution in [0.2, 0.25) is 0 Å². The van der Waals surface area contributed by atoms with Crippen LogP contribution in [0.25, 0.3) is 0 Å². The Morgan fingerprint density at radius 2 is 1.64 bits per heavy atom. The number of rotatable bonds is 7. The first-order valence-corrected chi connectivity index (χ1v) is 12.6. The van der Waals surface area contributed by atoms with Gasteiger partial charge in [0.1, 0.15) is 5.60 Å². The highest BCUT2D eigenvalue weighted by atomic mass is 16.6. The highest BCUT2D eigenvalue weighted by molar-refractivity contribution is 5.69. The summed E-state index contributed by atoms with van der Waals surface area (Å²) in [7, 11) is 1.46. The third kappa shape index (κ3) is 8.33. The molecule has 1 aliphatic heterocycles. The number of carbonyl (C=O) groups is 2. The number of hydrogen-bond donors (Lipinski definition) is 1. The molecular weight excluding hydrogens is 416 g/mol. The minimum atomic E-state index is -0.443. The maximum Gasteiger partial charge on any atom is 0.410 e. The Morgan fingerprint density at radius 3 is 2.21 bits per heavy atom.